The van der Waals surface area contributed by atoms with Gasteiger partial charge in [0.1, 0.15) is 0 Å². The van der Waals surface area contributed by atoms with Crippen molar-refractivity contribution in [3.05, 3.63) is 54.6 Å². The highest BCUT2D eigenvalue weighted by Crippen LogP contribution is 2.39. The van der Waals surface area contributed by atoms with E-state index in [0.29, 0.717) is 24.4 Å². The van der Waals surface area contributed by atoms with Gasteiger partial charge >= 0.3 is 0 Å². The van der Waals surface area contributed by atoms with Crippen molar-refractivity contribution in [2.45, 2.75) is 63.1 Å². The van der Waals surface area contributed by atoms with E-state index in [2.05, 4.69) is 59.1 Å². The maximum absolute atomic E-state index is 13.4. The van der Waals surface area contributed by atoms with Crippen molar-refractivity contribution in [1.82, 2.24) is 19.4 Å². The van der Waals surface area contributed by atoms with Gasteiger partial charge in [0.15, 0.2) is 0 Å². The Hall–Kier alpha value is -2.14. The number of likely N-dealkylation sites (tertiary alicyclic amines) is 2. The molecule has 2 aromatic rings. The second-order valence-corrected chi connectivity index (χ2v) is 8.51. The van der Waals surface area contributed by atoms with E-state index in [-0.39, 0.29) is 11.9 Å². The van der Waals surface area contributed by atoms with E-state index in [4.69, 9.17) is 0 Å². The third-order valence-electron chi connectivity index (χ3n) is 6.67. The molecule has 1 amide bonds. The monoisotopic (exact) mass is 380 g/mol. The summed E-state index contributed by atoms with van der Waals surface area (Å²) in [5.74, 6) is 0.672. The molecule has 150 valence electrons. The van der Waals surface area contributed by atoms with E-state index in [1.807, 2.05) is 10.8 Å². The Balaban J connectivity index is 1.58. The summed E-state index contributed by atoms with van der Waals surface area (Å²) in [4.78, 5) is 22.2. The van der Waals surface area contributed by atoms with E-state index < -0.39 is 0 Å². The molecule has 3 heterocycles. The molecule has 2 saturated heterocycles. The van der Waals surface area contributed by atoms with Crippen molar-refractivity contribution in [2.75, 3.05) is 20.1 Å². The molecular formula is C23H32N4O. The smallest absolute Gasteiger partial charge is 0.224 e. The summed E-state index contributed by atoms with van der Waals surface area (Å²) >= 11 is 0. The van der Waals surface area contributed by atoms with E-state index in [1.54, 1.807) is 12.5 Å². The second kappa shape index (κ2) is 8.48. The Morgan fingerprint density at radius 2 is 2.04 bits per heavy atom. The number of hydrogen-bond donors (Lipinski definition) is 0. The predicted octanol–water partition coefficient (Wildman–Crippen LogP) is 3.70. The van der Waals surface area contributed by atoms with E-state index >= 15 is 0 Å². The third-order valence-corrected chi connectivity index (χ3v) is 6.67. The van der Waals surface area contributed by atoms with Crippen LogP contribution in [0.1, 0.15) is 56.6 Å². The Bertz CT molecular complexity index is 760. The van der Waals surface area contributed by atoms with Crippen molar-refractivity contribution in [3.8, 4) is 0 Å². The molecule has 5 heteroatoms. The molecule has 4 rings (SSSR count). The van der Waals surface area contributed by atoms with Crippen molar-refractivity contribution < 1.29 is 4.79 Å². The van der Waals surface area contributed by atoms with Gasteiger partial charge in [-0.25, -0.2) is 4.98 Å². The molecular weight excluding hydrogens is 348 g/mol. The lowest BCUT2D eigenvalue weighted by Crippen LogP contribution is -2.47. The minimum absolute atomic E-state index is 0.135. The van der Waals surface area contributed by atoms with Crippen LogP contribution in [0.25, 0.3) is 0 Å². The fourth-order valence-electron chi connectivity index (χ4n) is 5.17. The molecule has 1 unspecified atom stereocenters. The topological polar surface area (TPSA) is 41.4 Å². The first-order valence-corrected chi connectivity index (χ1v) is 10.7. The maximum Gasteiger partial charge on any atom is 0.224 e. The third kappa shape index (κ3) is 3.86. The summed E-state index contributed by atoms with van der Waals surface area (Å²) in [5.41, 5.74) is 1.36. The van der Waals surface area contributed by atoms with Gasteiger partial charge in [-0.05, 0) is 38.9 Å². The van der Waals surface area contributed by atoms with E-state index in [0.717, 1.165) is 19.5 Å². The molecule has 0 spiro atoms. The number of carbonyl (C=O) groups excluding carboxylic acids is 1. The van der Waals surface area contributed by atoms with Crippen molar-refractivity contribution in [3.63, 3.8) is 0 Å². The van der Waals surface area contributed by atoms with Gasteiger partial charge in [0.05, 0.1) is 6.33 Å². The highest BCUT2D eigenvalue weighted by Gasteiger charge is 2.46. The maximum atomic E-state index is 13.4. The number of nitrogens with zero attached hydrogens (tertiary/aromatic N) is 4. The first-order chi connectivity index (χ1) is 13.6. The van der Waals surface area contributed by atoms with Crippen LogP contribution in [0, 0.1) is 0 Å². The van der Waals surface area contributed by atoms with Gasteiger partial charge in [0.2, 0.25) is 5.91 Å². The van der Waals surface area contributed by atoms with Gasteiger partial charge in [-0.15, -0.1) is 0 Å². The molecule has 0 radical (unpaired) electrons. The molecule has 1 aromatic carbocycles. The molecule has 2 aliphatic heterocycles. The second-order valence-electron chi connectivity index (χ2n) is 8.51. The number of benzene rings is 1. The summed E-state index contributed by atoms with van der Waals surface area (Å²) in [6.45, 7) is 4.06. The number of amides is 1. The number of imidazole rings is 1. The number of hydrogen-bond acceptors (Lipinski definition) is 3. The zero-order valence-corrected chi connectivity index (χ0v) is 17.1. The van der Waals surface area contributed by atoms with Crippen LogP contribution >= 0.6 is 0 Å². The van der Waals surface area contributed by atoms with E-state index in [1.165, 1.54) is 24.8 Å². The highest BCUT2D eigenvalue weighted by atomic mass is 16.2. The summed E-state index contributed by atoms with van der Waals surface area (Å²) in [5, 5.41) is 0. The normalized spacial score (nSPS) is 27.1. The van der Waals surface area contributed by atoms with Crippen LogP contribution in [0.2, 0.25) is 0 Å². The van der Waals surface area contributed by atoms with Gasteiger partial charge in [0, 0.05) is 49.4 Å². The first-order valence-electron chi connectivity index (χ1n) is 10.7. The van der Waals surface area contributed by atoms with Crippen LogP contribution in [-0.4, -0.2) is 57.5 Å². The minimum atomic E-state index is 0.135. The highest BCUT2D eigenvalue weighted by molar-refractivity contribution is 5.77. The summed E-state index contributed by atoms with van der Waals surface area (Å²) < 4.78 is 2.03. The zero-order chi connectivity index (χ0) is 19.5. The Morgan fingerprint density at radius 3 is 2.79 bits per heavy atom. The number of likely N-dealkylation sites (N-methyl/N-ethyl adjacent to an activating group) is 1. The lowest BCUT2D eigenvalue weighted by Gasteiger charge is -2.37. The number of rotatable bonds is 4. The Morgan fingerprint density at radius 1 is 1.21 bits per heavy atom. The van der Waals surface area contributed by atoms with Crippen LogP contribution in [0.4, 0.5) is 0 Å². The fraction of sp³-hybridized carbons (Fsp3) is 0.565. The predicted molar refractivity (Wildman–Crippen MR) is 111 cm³/mol. The van der Waals surface area contributed by atoms with Gasteiger partial charge in [-0.1, -0.05) is 43.2 Å². The number of aromatic nitrogens is 2. The number of carbonyl (C=O) groups is 1. The summed E-state index contributed by atoms with van der Waals surface area (Å²) in [7, 11) is 2.25. The summed E-state index contributed by atoms with van der Waals surface area (Å²) in [6, 6.07) is 11.7. The molecule has 1 aromatic heterocycles. The van der Waals surface area contributed by atoms with Crippen LogP contribution in [0.3, 0.4) is 0 Å². The molecule has 2 aliphatic rings. The molecule has 5 nitrogen and oxygen atoms in total. The van der Waals surface area contributed by atoms with Gasteiger partial charge < -0.3 is 14.4 Å². The Labute approximate surface area is 168 Å². The average Bonchev–Trinajstić information content (AvgIpc) is 3.35. The zero-order valence-electron chi connectivity index (χ0n) is 17.1. The molecule has 28 heavy (non-hydrogen) atoms. The van der Waals surface area contributed by atoms with Gasteiger partial charge in [-0.2, -0.15) is 0 Å². The molecule has 0 N–H and O–H groups in total. The minimum Gasteiger partial charge on any atom is -0.337 e. The lowest BCUT2D eigenvalue weighted by atomic mass is 9.87. The van der Waals surface area contributed by atoms with Crippen LogP contribution in [0.5, 0.6) is 0 Å². The van der Waals surface area contributed by atoms with Gasteiger partial charge in [0.25, 0.3) is 0 Å². The SMILES string of the molecule is CC(CC(=O)N1C[C@@H](c2ccccc2)[C@H]2[C@H]1CCCCCN2C)n1ccnc1. The number of fused-ring (bicyclic) bond motifs is 1. The van der Waals surface area contributed by atoms with Crippen LogP contribution in [-0.2, 0) is 4.79 Å². The van der Waals surface area contributed by atoms with Gasteiger partial charge in [-0.3, -0.25) is 4.79 Å². The van der Waals surface area contributed by atoms with Crippen molar-refractivity contribution in [2.24, 2.45) is 0 Å². The standard InChI is InChI=1S/C23H32N4O/c1-18(26-14-12-24-17-26)15-22(28)27-16-20(19-9-5-3-6-10-19)23-21(27)11-7-4-8-13-25(23)2/h3,5-6,9-10,12,14,17-18,20-21,23H,4,7-8,11,13,15-16H2,1-2H3/t18?,20-,21+,23-/m0/s1. The molecule has 2 fully saturated rings. The lowest BCUT2D eigenvalue weighted by molar-refractivity contribution is -0.133. The largest absolute Gasteiger partial charge is 0.337 e. The molecule has 0 aliphatic carbocycles. The Kier molecular flexibility index (Phi) is 5.81. The van der Waals surface area contributed by atoms with Crippen molar-refractivity contribution in [1.29, 1.82) is 0 Å². The average molecular weight is 381 g/mol. The van der Waals surface area contributed by atoms with E-state index in [9.17, 15) is 4.79 Å². The quantitative estimate of drug-likeness (QED) is 0.812. The van der Waals surface area contributed by atoms with Crippen molar-refractivity contribution >= 4 is 5.91 Å². The van der Waals surface area contributed by atoms with Crippen LogP contribution < -0.4 is 0 Å². The van der Waals surface area contributed by atoms with Crippen LogP contribution in [0.15, 0.2) is 49.1 Å². The molecule has 4 atom stereocenters. The molecule has 0 bridgehead atoms. The summed E-state index contributed by atoms with van der Waals surface area (Å²) in [6.07, 6.45) is 10.9. The fourth-order valence-corrected chi connectivity index (χ4v) is 5.17. The molecule has 0 saturated carbocycles. The first kappa shape index (κ1) is 19.2.